The number of amides is 1. The molecule has 1 amide bonds. The van der Waals surface area contributed by atoms with E-state index >= 15 is 0 Å². The molecular weight excluding hydrogens is 478 g/mol. The Morgan fingerprint density at radius 3 is 2.41 bits per heavy atom. The third-order valence-electron chi connectivity index (χ3n) is 5.50. The van der Waals surface area contributed by atoms with Gasteiger partial charge in [0.25, 0.3) is 5.91 Å². The van der Waals surface area contributed by atoms with Crippen LogP contribution < -0.4 is 9.62 Å². The van der Waals surface area contributed by atoms with Crippen molar-refractivity contribution in [1.29, 1.82) is 0 Å². The van der Waals surface area contributed by atoms with Crippen molar-refractivity contribution in [2.45, 2.75) is 24.2 Å². The van der Waals surface area contributed by atoms with Crippen molar-refractivity contribution in [3.63, 3.8) is 0 Å². The number of nitrogens with one attached hydrogen (secondary N) is 1. The molecule has 9 nitrogen and oxygen atoms in total. The summed E-state index contributed by atoms with van der Waals surface area (Å²) < 4.78 is 52.6. The first-order chi connectivity index (χ1) is 15.1. The van der Waals surface area contributed by atoms with Gasteiger partial charge in [0, 0.05) is 19.6 Å². The lowest BCUT2D eigenvalue weighted by molar-refractivity contribution is 0.102. The topological polar surface area (TPSA) is 124 Å². The number of benzene rings is 2. The maximum atomic E-state index is 12.9. The van der Waals surface area contributed by atoms with Crippen LogP contribution in [0.25, 0.3) is 0 Å². The number of phenolic OH excluding ortho intramolecular Hbond substituents is 1. The summed E-state index contributed by atoms with van der Waals surface area (Å²) in [6.45, 7) is 1.15. The normalized spacial score (nSPS) is 18.7. The van der Waals surface area contributed by atoms with Gasteiger partial charge in [-0.25, -0.2) is 16.8 Å². The highest BCUT2D eigenvalue weighted by molar-refractivity contribution is 7.93. The number of carbonyl (C=O) groups is 1. The monoisotopic (exact) mass is 499 g/mol. The number of hydrogen-bond donors (Lipinski definition) is 2. The van der Waals surface area contributed by atoms with E-state index in [1.165, 1.54) is 45.0 Å². The molecule has 0 aromatic heterocycles. The highest BCUT2D eigenvalue weighted by Gasteiger charge is 2.30. The first kappa shape index (κ1) is 22.8. The average molecular weight is 500 g/mol. The Morgan fingerprint density at radius 1 is 1.03 bits per heavy atom. The van der Waals surface area contributed by atoms with Crippen molar-refractivity contribution in [2.75, 3.05) is 35.0 Å². The van der Waals surface area contributed by atoms with Gasteiger partial charge in [-0.3, -0.25) is 9.10 Å². The summed E-state index contributed by atoms with van der Waals surface area (Å²) >= 11 is 6.16. The molecular formula is C20H22ClN3O6S2. The minimum absolute atomic E-state index is 0.0153. The molecule has 2 aliphatic heterocycles. The summed E-state index contributed by atoms with van der Waals surface area (Å²) in [5.74, 6) is -0.968. The standard InChI is InChI=1S/C20H22ClN3O6S2/c21-17-6-5-15(32(29,30)23-8-1-2-9-23)13-16(17)20(26)22-18-12-14(4-7-19(18)25)24-10-3-11-31(24,27)28/h4-7,12-13,25H,1-3,8-11H2,(H,22,26). The highest BCUT2D eigenvalue weighted by Crippen LogP contribution is 2.33. The molecule has 0 bridgehead atoms. The van der Waals surface area contributed by atoms with Crippen LogP contribution in [0.4, 0.5) is 11.4 Å². The lowest BCUT2D eigenvalue weighted by Crippen LogP contribution is -2.28. The fourth-order valence-corrected chi connectivity index (χ4v) is 7.12. The first-order valence-electron chi connectivity index (χ1n) is 10.0. The van der Waals surface area contributed by atoms with E-state index in [4.69, 9.17) is 11.6 Å². The van der Waals surface area contributed by atoms with Crippen LogP contribution in [0.3, 0.4) is 0 Å². The quantitative estimate of drug-likeness (QED) is 0.609. The van der Waals surface area contributed by atoms with Crippen LogP contribution in [0.1, 0.15) is 29.6 Å². The summed E-state index contributed by atoms with van der Waals surface area (Å²) in [5.41, 5.74) is 0.219. The maximum absolute atomic E-state index is 12.9. The van der Waals surface area contributed by atoms with Crippen molar-refractivity contribution in [1.82, 2.24) is 4.31 Å². The molecule has 172 valence electrons. The molecule has 4 rings (SSSR count). The van der Waals surface area contributed by atoms with E-state index in [0.717, 1.165) is 12.8 Å². The molecule has 2 saturated heterocycles. The first-order valence-corrected chi connectivity index (χ1v) is 13.5. The van der Waals surface area contributed by atoms with Crippen molar-refractivity contribution < 1.29 is 26.7 Å². The van der Waals surface area contributed by atoms with Gasteiger partial charge in [-0.05, 0) is 55.7 Å². The molecule has 0 spiro atoms. The number of anilines is 2. The molecule has 2 fully saturated rings. The number of aromatic hydroxyl groups is 1. The molecule has 2 heterocycles. The molecule has 32 heavy (non-hydrogen) atoms. The zero-order valence-corrected chi connectivity index (χ0v) is 19.4. The predicted octanol–water partition coefficient (Wildman–Crippen LogP) is 2.62. The lowest BCUT2D eigenvalue weighted by Gasteiger charge is -2.19. The number of hydrogen-bond acceptors (Lipinski definition) is 6. The number of nitrogens with zero attached hydrogens (tertiary/aromatic N) is 2. The van der Waals surface area contributed by atoms with Gasteiger partial charge in [-0.1, -0.05) is 11.6 Å². The molecule has 2 aromatic rings. The van der Waals surface area contributed by atoms with E-state index in [0.29, 0.717) is 31.7 Å². The predicted molar refractivity (Wildman–Crippen MR) is 121 cm³/mol. The van der Waals surface area contributed by atoms with Crippen molar-refractivity contribution in [2.24, 2.45) is 0 Å². The number of sulfonamides is 2. The molecule has 12 heteroatoms. The molecule has 0 aliphatic carbocycles. The Kier molecular flexibility index (Phi) is 6.10. The van der Waals surface area contributed by atoms with E-state index in [2.05, 4.69) is 5.32 Å². The fraction of sp³-hybridized carbons (Fsp3) is 0.350. The van der Waals surface area contributed by atoms with Gasteiger partial charge in [0.05, 0.1) is 32.6 Å². The summed E-state index contributed by atoms with van der Waals surface area (Å²) in [4.78, 5) is 12.9. The van der Waals surface area contributed by atoms with Crippen LogP contribution in [-0.4, -0.2) is 57.5 Å². The lowest BCUT2D eigenvalue weighted by atomic mass is 10.2. The minimum atomic E-state index is -3.75. The summed E-state index contributed by atoms with van der Waals surface area (Å²) in [6, 6.07) is 7.99. The zero-order valence-electron chi connectivity index (χ0n) is 17.0. The summed E-state index contributed by atoms with van der Waals surface area (Å²) in [7, 11) is -7.19. The van der Waals surface area contributed by atoms with Crippen molar-refractivity contribution in [3.8, 4) is 5.75 Å². The van der Waals surface area contributed by atoms with Gasteiger partial charge in [-0.2, -0.15) is 4.31 Å². The van der Waals surface area contributed by atoms with Crippen LogP contribution >= 0.6 is 11.6 Å². The van der Waals surface area contributed by atoms with E-state index in [9.17, 15) is 26.7 Å². The van der Waals surface area contributed by atoms with Crippen molar-refractivity contribution in [3.05, 3.63) is 47.0 Å². The van der Waals surface area contributed by atoms with E-state index < -0.39 is 26.0 Å². The molecule has 0 saturated carbocycles. The Balaban J connectivity index is 1.63. The van der Waals surface area contributed by atoms with Gasteiger partial charge >= 0.3 is 0 Å². The molecule has 2 N–H and O–H groups in total. The van der Waals surface area contributed by atoms with Crippen LogP contribution in [0, 0.1) is 0 Å². The Morgan fingerprint density at radius 2 is 1.75 bits per heavy atom. The second-order valence-electron chi connectivity index (χ2n) is 7.65. The number of carbonyl (C=O) groups excluding carboxylic acids is 1. The van der Waals surface area contributed by atoms with Gasteiger partial charge < -0.3 is 10.4 Å². The van der Waals surface area contributed by atoms with E-state index in [1.807, 2.05) is 0 Å². The number of rotatable bonds is 5. The number of phenols is 1. The Bertz CT molecular complexity index is 1270. The maximum Gasteiger partial charge on any atom is 0.257 e. The molecule has 2 aromatic carbocycles. The summed E-state index contributed by atoms with van der Waals surface area (Å²) in [6.07, 6.45) is 2.05. The largest absolute Gasteiger partial charge is 0.506 e. The van der Waals surface area contributed by atoms with Gasteiger partial charge in [0.1, 0.15) is 5.75 Å². The van der Waals surface area contributed by atoms with Crippen LogP contribution in [0.2, 0.25) is 5.02 Å². The molecule has 0 radical (unpaired) electrons. The zero-order chi connectivity index (χ0) is 23.1. The van der Waals surface area contributed by atoms with Crippen LogP contribution in [0.5, 0.6) is 5.75 Å². The van der Waals surface area contributed by atoms with Crippen LogP contribution in [-0.2, 0) is 20.0 Å². The highest BCUT2D eigenvalue weighted by atomic mass is 35.5. The smallest absolute Gasteiger partial charge is 0.257 e. The average Bonchev–Trinajstić information content (AvgIpc) is 3.40. The Labute approximate surface area is 191 Å². The van der Waals surface area contributed by atoms with Gasteiger partial charge in [0.2, 0.25) is 20.0 Å². The van der Waals surface area contributed by atoms with E-state index in [1.54, 1.807) is 0 Å². The number of halogens is 1. The second kappa shape index (κ2) is 8.54. The van der Waals surface area contributed by atoms with E-state index in [-0.39, 0.29) is 32.7 Å². The molecule has 2 aliphatic rings. The SMILES string of the molecule is O=C(Nc1cc(N2CCCS2(=O)=O)ccc1O)c1cc(S(=O)(=O)N2CCCC2)ccc1Cl. The third kappa shape index (κ3) is 4.29. The fourth-order valence-electron chi connectivity index (χ4n) is 3.81. The second-order valence-corrected chi connectivity index (χ2v) is 12.0. The molecule has 0 atom stereocenters. The molecule has 0 unspecified atom stereocenters. The Hall–Kier alpha value is -2.34. The van der Waals surface area contributed by atoms with Gasteiger partial charge in [0.15, 0.2) is 0 Å². The minimum Gasteiger partial charge on any atom is -0.506 e. The third-order valence-corrected chi connectivity index (χ3v) is 9.59. The van der Waals surface area contributed by atoms with Crippen molar-refractivity contribution >= 4 is 48.9 Å². The van der Waals surface area contributed by atoms with Gasteiger partial charge in [-0.15, -0.1) is 0 Å². The van der Waals surface area contributed by atoms with Crippen LogP contribution in [0.15, 0.2) is 41.3 Å². The summed E-state index contributed by atoms with van der Waals surface area (Å²) in [5, 5.41) is 12.7.